The second-order valence-corrected chi connectivity index (χ2v) is 8.78. The maximum absolute atomic E-state index is 12.9. The SMILES string of the molecule is O=C(COc1cccc(/C=c2\sc3nc(-c4ccncc4)nn3c2=O)c1)Nc1cccc(C(F)(F)F)c1. The van der Waals surface area contributed by atoms with Crippen LogP contribution in [0.2, 0.25) is 0 Å². The molecule has 0 bridgehead atoms. The summed E-state index contributed by atoms with van der Waals surface area (Å²) < 4.78 is 45.7. The van der Waals surface area contributed by atoms with Crippen molar-refractivity contribution in [2.24, 2.45) is 0 Å². The number of aromatic nitrogens is 4. The highest BCUT2D eigenvalue weighted by Gasteiger charge is 2.30. The summed E-state index contributed by atoms with van der Waals surface area (Å²) in [6.45, 7) is -0.416. The van der Waals surface area contributed by atoms with Crippen molar-refractivity contribution >= 4 is 34.0 Å². The normalized spacial score (nSPS) is 12.1. The van der Waals surface area contributed by atoms with Crippen LogP contribution in [0.5, 0.6) is 5.75 Å². The van der Waals surface area contributed by atoms with Crippen LogP contribution in [0.15, 0.2) is 77.9 Å². The van der Waals surface area contributed by atoms with Gasteiger partial charge in [0.15, 0.2) is 12.4 Å². The van der Waals surface area contributed by atoms with Gasteiger partial charge in [-0.25, -0.2) is 0 Å². The smallest absolute Gasteiger partial charge is 0.416 e. The number of hydrogen-bond acceptors (Lipinski definition) is 7. The van der Waals surface area contributed by atoms with Crippen molar-refractivity contribution in [1.82, 2.24) is 19.6 Å². The lowest BCUT2D eigenvalue weighted by atomic mass is 10.2. The van der Waals surface area contributed by atoms with E-state index in [-0.39, 0.29) is 11.2 Å². The van der Waals surface area contributed by atoms with E-state index < -0.39 is 24.3 Å². The number of pyridine rings is 1. The Hall–Kier alpha value is -4.58. The number of hydrogen-bond donors (Lipinski definition) is 1. The van der Waals surface area contributed by atoms with Crippen molar-refractivity contribution in [2.75, 3.05) is 11.9 Å². The zero-order valence-corrected chi connectivity index (χ0v) is 19.6. The highest BCUT2D eigenvalue weighted by molar-refractivity contribution is 7.15. The molecule has 37 heavy (non-hydrogen) atoms. The number of ether oxygens (including phenoxy) is 1. The summed E-state index contributed by atoms with van der Waals surface area (Å²) in [6.07, 6.45) is 0.379. The molecule has 1 amide bonds. The van der Waals surface area contributed by atoms with Crippen molar-refractivity contribution in [1.29, 1.82) is 0 Å². The number of anilines is 1. The van der Waals surface area contributed by atoms with E-state index in [0.29, 0.717) is 26.6 Å². The summed E-state index contributed by atoms with van der Waals surface area (Å²) in [4.78, 5) is 33.8. The molecule has 1 N–H and O–H groups in total. The Morgan fingerprint density at radius 2 is 1.86 bits per heavy atom. The molecular weight excluding hydrogens is 507 g/mol. The highest BCUT2D eigenvalue weighted by Crippen LogP contribution is 2.30. The fraction of sp³-hybridized carbons (Fsp3) is 0.0800. The summed E-state index contributed by atoms with van der Waals surface area (Å²) in [5, 5.41) is 6.67. The number of rotatable bonds is 6. The highest BCUT2D eigenvalue weighted by atomic mass is 32.1. The molecule has 12 heteroatoms. The van der Waals surface area contributed by atoms with Gasteiger partial charge < -0.3 is 10.1 Å². The van der Waals surface area contributed by atoms with Gasteiger partial charge in [0.1, 0.15) is 5.75 Å². The molecule has 0 aliphatic carbocycles. The summed E-state index contributed by atoms with van der Waals surface area (Å²) in [6, 6.07) is 14.5. The standard InChI is InChI=1S/C25H16F3N5O3S/c26-25(27,28)17-4-2-5-18(13-17)30-21(34)14-36-19-6-1-3-15(11-19)12-20-23(35)33-24(37-20)31-22(32-33)16-7-9-29-10-8-16/h1-13H,14H2,(H,30,34)/b20-12-. The maximum atomic E-state index is 12.9. The Morgan fingerprint density at radius 3 is 2.62 bits per heavy atom. The van der Waals surface area contributed by atoms with Crippen molar-refractivity contribution in [3.05, 3.63) is 99.1 Å². The van der Waals surface area contributed by atoms with Crippen LogP contribution in [-0.4, -0.2) is 32.1 Å². The number of carbonyl (C=O) groups excluding carboxylic acids is 1. The fourth-order valence-electron chi connectivity index (χ4n) is 3.42. The second kappa shape index (κ2) is 9.82. The molecule has 8 nitrogen and oxygen atoms in total. The van der Waals surface area contributed by atoms with Gasteiger partial charge in [0, 0.05) is 23.6 Å². The molecule has 0 saturated carbocycles. The first-order chi connectivity index (χ1) is 17.8. The van der Waals surface area contributed by atoms with Gasteiger partial charge in [-0.05, 0) is 54.1 Å². The van der Waals surface area contributed by atoms with E-state index in [4.69, 9.17) is 4.74 Å². The topological polar surface area (TPSA) is 98.5 Å². The van der Waals surface area contributed by atoms with Crippen molar-refractivity contribution in [3.8, 4) is 17.1 Å². The number of fused-ring (bicyclic) bond motifs is 1. The van der Waals surface area contributed by atoms with Gasteiger partial charge in [-0.1, -0.05) is 29.5 Å². The van der Waals surface area contributed by atoms with Crippen LogP contribution in [-0.2, 0) is 11.0 Å². The molecule has 0 aliphatic rings. The van der Waals surface area contributed by atoms with Gasteiger partial charge in [0.2, 0.25) is 4.96 Å². The monoisotopic (exact) mass is 523 g/mol. The zero-order chi connectivity index (χ0) is 26.0. The van der Waals surface area contributed by atoms with Crippen molar-refractivity contribution in [2.45, 2.75) is 6.18 Å². The Morgan fingerprint density at radius 1 is 1.08 bits per heavy atom. The molecule has 2 aromatic carbocycles. The molecule has 3 heterocycles. The van der Waals surface area contributed by atoms with Crippen LogP contribution in [0.1, 0.15) is 11.1 Å². The predicted molar refractivity (Wildman–Crippen MR) is 131 cm³/mol. The lowest BCUT2D eigenvalue weighted by Gasteiger charge is -2.10. The summed E-state index contributed by atoms with van der Waals surface area (Å²) >= 11 is 1.18. The third kappa shape index (κ3) is 5.48. The molecule has 0 fully saturated rings. The summed E-state index contributed by atoms with van der Waals surface area (Å²) in [5.74, 6) is 0.155. The second-order valence-electron chi connectivity index (χ2n) is 7.77. The largest absolute Gasteiger partial charge is 0.484 e. The van der Waals surface area contributed by atoms with E-state index in [1.54, 1.807) is 54.9 Å². The number of alkyl halides is 3. The van der Waals surface area contributed by atoms with E-state index in [1.165, 1.54) is 28.0 Å². The Balaban J connectivity index is 1.28. The van der Waals surface area contributed by atoms with Crippen LogP contribution < -0.4 is 20.1 Å². The van der Waals surface area contributed by atoms with Gasteiger partial charge in [-0.3, -0.25) is 14.6 Å². The summed E-state index contributed by atoms with van der Waals surface area (Å²) in [7, 11) is 0. The first kappa shape index (κ1) is 24.1. The molecule has 0 spiro atoms. The van der Waals surface area contributed by atoms with Crippen LogP contribution in [0, 0.1) is 0 Å². The molecule has 5 aromatic rings. The van der Waals surface area contributed by atoms with E-state index in [2.05, 4.69) is 20.4 Å². The number of carbonyl (C=O) groups is 1. The van der Waals surface area contributed by atoms with Gasteiger partial charge in [0.25, 0.3) is 11.5 Å². The molecule has 5 rings (SSSR count). The number of thiazole rings is 1. The van der Waals surface area contributed by atoms with Gasteiger partial charge in [-0.2, -0.15) is 22.7 Å². The van der Waals surface area contributed by atoms with Crippen LogP contribution in [0.3, 0.4) is 0 Å². The van der Waals surface area contributed by atoms with E-state index >= 15 is 0 Å². The van der Waals surface area contributed by atoms with Gasteiger partial charge >= 0.3 is 6.18 Å². The minimum Gasteiger partial charge on any atom is -0.484 e. The van der Waals surface area contributed by atoms with Gasteiger partial charge in [0.05, 0.1) is 10.1 Å². The molecule has 0 radical (unpaired) electrons. The first-order valence-electron chi connectivity index (χ1n) is 10.8. The Bertz CT molecular complexity index is 1700. The van der Waals surface area contributed by atoms with Crippen molar-refractivity contribution < 1.29 is 22.7 Å². The summed E-state index contributed by atoms with van der Waals surface area (Å²) in [5.41, 5.74) is 0.220. The number of halogens is 3. The zero-order valence-electron chi connectivity index (χ0n) is 18.8. The number of benzene rings is 2. The van der Waals surface area contributed by atoms with Gasteiger partial charge in [-0.15, -0.1) is 5.10 Å². The predicted octanol–water partition coefficient (Wildman–Crippen LogP) is 3.80. The van der Waals surface area contributed by atoms with E-state index in [0.717, 1.165) is 17.7 Å². The Labute approximate surface area is 210 Å². The molecule has 0 atom stereocenters. The molecule has 0 saturated heterocycles. The van der Waals surface area contributed by atoms with Crippen LogP contribution >= 0.6 is 11.3 Å². The fourth-order valence-corrected chi connectivity index (χ4v) is 4.33. The number of amides is 1. The number of nitrogens with one attached hydrogen (secondary N) is 1. The van der Waals surface area contributed by atoms with E-state index in [1.807, 2.05) is 0 Å². The van der Waals surface area contributed by atoms with Crippen LogP contribution in [0.25, 0.3) is 22.4 Å². The average Bonchev–Trinajstić information content (AvgIpc) is 3.42. The minimum absolute atomic E-state index is 0.0110. The first-order valence-corrected chi connectivity index (χ1v) is 11.6. The molecule has 186 valence electrons. The average molecular weight is 523 g/mol. The number of nitrogens with zero attached hydrogens (tertiary/aromatic N) is 4. The van der Waals surface area contributed by atoms with Crippen LogP contribution in [0.4, 0.5) is 18.9 Å². The lowest BCUT2D eigenvalue weighted by Crippen LogP contribution is -2.23. The third-order valence-corrected chi connectivity index (χ3v) is 6.08. The van der Waals surface area contributed by atoms with Crippen molar-refractivity contribution in [3.63, 3.8) is 0 Å². The molecule has 0 aliphatic heterocycles. The lowest BCUT2D eigenvalue weighted by molar-refractivity contribution is -0.137. The Kier molecular flexibility index (Phi) is 6.40. The third-order valence-electron chi connectivity index (χ3n) is 5.12. The minimum atomic E-state index is -4.51. The molecule has 0 unspecified atom stereocenters. The molecular formula is C25H16F3N5O3S. The quantitative estimate of drug-likeness (QED) is 0.364. The molecule has 3 aromatic heterocycles. The van der Waals surface area contributed by atoms with E-state index in [9.17, 15) is 22.8 Å². The maximum Gasteiger partial charge on any atom is 0.416 e.